The van der Waals surface area contributed by atoms with Gasteiger partial charge in [-0.15, -0.1) is 0 Å². The first kappa shape index (κ1) is 40.1. The van der Waals surface area contributed by atoms with Crippen molar-refractivity contribution in [2.24, 2.45) is 0 Å². The Morgan fingerprint density at radius 1 is 0.229 bits per heavy atom. The van der Waals surface area contributed by atoms with Crippen LogP contribution in [0, 0.1) is 0 Å². The molecule has 3 heterocycles. The number of benzene rings is 11. The van der Waals surface area contributed by atoms with Crippen molar-refractivity contribution >= 4 is 94.2 Å². The van der Waals surface area contributed by atoms with E-state index in [2.05, 4.69) is 287 Å². The molecule has 0 saturated carbocycles. The molecule has 0 aliphatic carbocycles. The van der Waals surface area contributed by atoms with Crippen LogP contribution in [0.1, 0.15) is 0 Å². The van der Waals surface area contributed by atoms with Crippen LogP contribution in [-0.2, 0) is 0 Å². The summed E-state index contributed by atoms with van der Waals surface area (Å²) >= 11 is 0. The topological polar surface area (TPSA) is 14.8 Å². The monoisotopic (exact) mass is 907 g/mol. The lowest BCUT2D eigenvalue weighted by molar-refractivity contribution is 1.13. The molecule has 11 aromatic carbocycles. The Morgan fingerprint density at radius 3 is 1.17 bits per heavy atom. The molecule has 0 bridgehead atoms. The summed E-state index contributed by atoms with van der Waals surface area (Å²) in [7, 11) is -2.83. The standard InChI is InChI=1S/C66H45N3Si/c1-5-21-48(22-6-1)67-60-35-16-13-31-54(60)57-41-39-46(43-64(57)67)47-40-42-58-55-32-14-18-37-62(55)69(65(58)44-47)63-38-20-34-59-56-33-15-17-36-61(56)68(66(59)63)49-23-19-30-53(45-49)70(50-24-7-2-8-25-50,51-26-9-3-10-27-51)52-28-11-4-12-29-52/h1-45H. The Kier molecular flexibility index (Phi) is 9.23. The second-order valence-corrected chi connectivity index (χ2v) is 22.2. The van der Waals surface area contributed by atoms with Gasteiger partial charge >= 0.3 is 0 Å². The molecule has 0 spiro atoms. The lowest BCUT2D eigenvalue weighted by Gasteiger charge is -2.34. The van der Waals surface area contributed by atoms with E-state index in [1.165, 1.54) is 97.3 Å². The minimum absolute atomic E-state index is 1.14. The SMILES string of the molecule is c1ccc(-n2c3ccccc3c3ccc(-c4ccc5c6ccccc6n(-c6cccc7c8ccccc8n(-c8cccc([Si](c9ccccc9)(c9ccccc9)c9ccccc9)c8)c67)c5c4)cc32)cc1. The quantitative estimate of drug-likeness (QED) is 0.107. The molecule has 0 unspecified atom stereocenters. The van der Waals surface area contributed by atoms with Crippen LogP contribution >= 0.6 is 0 Å². The second-order valence-electron chi connectivity index (χ2n) is 18.4. The Labute approximate surface area is 407 Å². The molecule has 4 heteroatoms. The zero-order valence-corrected chi connectivity index (χ0v) is 39.3. The van der Waals surface area contributed by atoms with E-state index in [0.717, 1.165) is 17.1 Å². The maximum absolute atomic E-state index is 2.83. The van der Waals surface area contributed by atoms with E-state index in [4.69, 9.17) is 0 Å². The van der Waals surface area contributed by atoms with Crippen molar-refractivity contribution < 1.29 is 0 Å². The molecule has 0 fully saturated rings. The van der Waals surface area contributed by atoms with Crippen LogP contribution < -0.4 is 20.7 Å². The highest BCUT2D eigenvalue weighted by Gasteiger charge is 2.41. The van der Waals surface area contributed by atoms with Crippen LogP contribution in [0.2, 0.25) is 0 Å². The molecular formula is C66H45N3Si. The fraction of sp³-hybridized carbons (Fsp3) is 0. The molecule has 0 radical (unpaired) electrons. The summed E-state index contributed by atoms with van der Waals surface area (Å²) in [6.45, 7) is 0. The maximum atomic E-state index is 2.53. The van der Waals surface area contributed by atoms with Crippen LogP contribution in [0.25, 0.3) is 93.6 Å². The lowest BCUT2D eigenvalue weighted by atomic mass is 10.0. The highest BCUT2D eigenvalue weighted by molar-refractivity contribution is 7.19. The normalized spacial score (nSPS) is 12.0. The number of fused-ring (bicyclic) bond motifs is 9. The number of hydrogen-bond acceptors (Lipinski definition) is 0. The van der Waals surface area contributed by atoms with Crippen LogP contribution in [0.15, 0.2) is 273 Å². The van der Waals surface area contributed by atoms with E-state index in [1.54, 1.807) is 0 Å². The summed E-state index contributed by atoms with van der Waals surface area (Å²) in [4.78, 5) is 0. The summed E-state index contributed by atoms with van der Waals surface area (Å²) in [5.74, 6) is 0. The van der Waals surface area contributed by atoms with Crippen molar-refractivity contribution in [3.8, 4) is 28.2 Å². The van der Waals surface area contributed by atoms with Crippen LogP contribution in [0.3, 0.4) is 0 Å². The summed E-state index contributed by atoms with van der Waals surface area (Å²) in [6, 6.07) is 101. The highest BCUT2D eigenvalue weighted by atomic mass is 28.3. The highest BCUT2D eigenvalue weighted by Crippen LogP contribution is 2.41. The van der Waals surface area contributed by atoms with Gasteiger partial charge in [0.05, 0.1) is 38.8 Å². The minimum Gasteiger partial charge on any atom is -0.309 e. The van der Waals surface area contributed by atoms with Gasteiger partial charge in [0, 0.05) is 43.7 Å². The molecule has 0 amide bonds. The van der Waals surface area contributed by atoms with E-state index in [1.807, 2.05) is 0 Å². The average molecular weight is 908 g/mol. The Bertz CT molecular complexity index is 4180. The predicted octanol–water partition coefficient (Wildman–Crippen LogP) is 14.0. The number of para-hydroxylation sites is 5. The zero-order chi connectivity index (χ0) is 46.2. The summed E-state index contributed by atoms with van der Waals surface area (Å²) in [6.07, 6.45) is 0. The first-order valence-corrected chi connectivity index (χ1v) is 26.2. The Balaban J connectivity index is 1.02. The summed E-state index contributed by atoms with van der Waals surface area (Å²) < 4.78 is 7.46. The third kappa shape index (κ3) is 6.00. The number of nitrogens with zero attached hydrogens (tertiary/aromatic N) is 3. The molecule has 14 rings (SSSR count). The number of hydrogen-bond donors (Lipinski definition) is 0. The van der Waals surface area contributed by atoms with Gasteiger partial charge in [0.25, 0.3) is 0 Å². The predicted molar refractivity (Wildman–Crippen MR) is 299 cm³/mol. The van der Waals surface area contributed by atoms with Gasteiger partial charge in [-0.2, -0.15) is 0 Å². The minimum atomic E-state index is -2.83. The third-order valence-corrected chi connectivity index (χ3v) is 19.5. The largest absolute Gasteiger partial charge is 0.309 e. The average Bonchev–Trinajstić information content (AvgIpc) is 4.08. The van der Waals surface area contributed by atoms with Crippen molar-refractivity contribution in [3.63, 3.8) is 0 Å². The van der Waals surface area contributed by atoms with E-state index in [-0.39, 0.29) is 0 Å². The van der Waals surface area contributed by atoms with Gasteiger partial charge in [-0.25, -0.2) is 0 Å². The molecule has 0 N–H and O–H groups in total. The van der Waals surface area contributed by atoms with E-state index in [9.17, 15) is 0 Å². The molecule has 70 heavy (non-hydrogen) atoms. The third-order valence-electron chi connectivity index (χ3n) is 14.8. The summed E-state index contributed by atoms with van der Waals surface area (Å²) in [5, 5.41) is 12.8. The molecule has 0 saturated heterocycles. The van der Waals surface area contributed by atoms with E-state index < -0.39 is 8.07 Å². The van der Waals surface area contributed by atoms with Gasteiger partial charge in [0.1, 0.15) is 0 Å². The van der Waals surface area contributed by atoms with Crippen LogP contribution in [0.5, 0.6) is 0 Å². The number of aromatic nitrogens is 3. The lowest BCUT2D eigenvalue weighted by Crippen LogP contribution is -2.74. The first-order valence-electron chi connectivity index (χ1n) is 24.2. The fourth-order valence-electron chi connectivity index (χ4n) is 11.8. The maximum Gasteiger partial charge on any atom is 0.179 e. The molecule has 3 aromatic heterocycles. The van der Waals surface area contributed by atoms with Crippen molar-refractivity contribution in [2.45, 2.75) is 0 Å². The molecule has 0 atom stereocenters. The summed E-state index contributed by atoms with van der Waals surface area (Å²) in [5.41, 5.74) is 12.9. The Morgan fingerprint density at radius 2 is 0.614 bits per heavy atom. The molecule has 0 aliphatic rings. The van der Waals surface area contributed by atoms with Gasteiger partial charge in [0.2, 0.25) is 0 Å². The molecular weight excluding hydrogens is 863 g/mol. The van der Waals surface area contributed by atoms with Crippen LogP contribution in [-0.4, -0.2) is 21.8 Å². The molecule has 3 nitrogen and oxygen atoms in total. The van der Waals surface area contributed by atoms with Gasteiger partial charge in [-0.3, -0.25) is 0 Å². The first-order chi connectivity index (χ1) is 34.8. The number of rotatable bonds is 8. The van der Waals surface area contributed by atoms with Crippen molar-refractivity contribution in [1.82, 2.24) is 13.7 Å². The van der Waals surface area contributed by atoms with Gasteiger partial charge in [-0.05, 0) is 92.5 Å². The van der Waals surface area contributed by atoms with Gasteiger partial charge < -0.3 is 13.7 Å². The second kappa shape index (κ2) is 16.1. The fourth-order valence-corrected chi connectivity index (χ4v) is 16.6. The van der Waals surface area contributed by atoms with Crippen molar-refractivity contribution in [2.75, 3.05) is 0 Å². The molecule has 0 aliphatic heterocycles. The molecule has 14 aromatic rings. The zero-order valence-electron chi connectivity index (χ0n) is 38.3. The molecule has 328 valence electrons. The van der Waals surface area contributed by atoms with E-state index in [0.29, 0.717) is 0 Å². The Hall–Kier alpha value is -8.96. The van der Waals surface area contributed by atoms with Gasteiger partial charge in [-0.1, -0.05) is 212 Å². The smallest absolute Gasteiger partial charge is 0.179 e. The van der Waals surface area contributed by atoms with Gasteiger partial charge in [0.15, 0.2) is 8.07 Å². The van der Waals surface area contributed by atoms with E-state index >= 15 is 0 Å². The van der Waals surface area contributed by atoms with Crippen LogP contribution in [0.4, 0.5) is 0 Å². The van der Waals surface area contributed by atoms with Crippen molar-refractivity contribution in [1.29, 1.82) is 0 Å². The van der Waals surface area contributed by atoms with Crippen molar-refractivity contribution in [3.05, 3.63) is 273 Å².